The van der Waals surface area contributed by atoms with Gasteiger partial charge in [0, 0.05) is 18.1 Å². The SMILES string of the molecule is CC(C)N(C(C)C)C(C)C.Nc1c(Cl)c(Cl)nc(C(=O)O)c1Cl. The standard InChI is InChI=1S/C9H21N.C6H3Cl3N2O2/c1-7(2)10(8(3)4)9(5)6;7-1-3(10)2(8)5(9)11-4(1)6(12)13/h7-9H,1-6H3;(H2,10,11)(H,12,13). The third kappa shape index (κ3) is 6.34. The molecule has 8 heteroatoms. The van der Waals surface area contributed by atoms with Gasteiger partial charge in [0.05, 0.1) is 10.7 Å². The zero-order valence-corrected chi connectivity index (χ0v) is 16.5. The summed E-state index contributed by atoms with van der Waals surface area (Å²) in [5.41, 5.74) is 4.88. The normalized spacial score (nSPS) is 11.2. The molecule has 0 radical (unpaired) electrons. The van der Waals surface area contributed by atoms with Crippen molar-refractivity contribution in [1.29, 1.82) is 0 Å². The number of aromatic carboxylic acids is 1. The van der Waals surface area contributed by atoms with Crippen LogP contribution >= 0.6 is 34.8 Å². The first kappa shape index (κ1) is 22.2. The van der Waals surface area contributed by atoms with Crippen molar-refractivity contribution in [2.45, 2.75) is 59.7 Å². The minimum absolute atomic E-state index is 0.0448. The summed E-state index contributed by atoms with van der Waals surface area (Å²) in [6, 6.07) is 2.00. The van der Waals surface area contributed by atoms with E-state index in [1.54, 1.807) is 0 Å². The van der Waals surface area contributed by atoms with E-state index in [0.29, 0.717) is 18.1 Å². The Labute approximate surface area is 152 Å². The Bertz CT molecular complexity index is 530. The van der Waals surface area contributed by atoms with Crippen LogP contribution in [0.2, 0.25) is 15.2 Å². The third-order valence-corrected chi connectivity index (χ3v) is 4.20. The average molecular weight is 385 g/mol. The number of hydrogen-bond donors (Lipinski definition) is 2. The van der Waals surface area contributed by atoms with E-state index in [9.17, 15) is 4.79 Å². The van der Waals surface area contributed by atoms with Gasteiger partial charge in [-0.3, -0.25) is 4.90 Å². The van der Waals surface area contributed by atoms with Gasteiger partial charge in [0.15, 0.2) is 10.8 Å². The molecule has 132 valence electrons. The molecule has 0 bridgehead atoms. The molecule has 0 aliphatic rings. The molecule has 0 aliphatic heterocycles. The first-order valence-electron chi connectivity index (χ1n) is 7.22. The number of pyridine rings is 1. The van der Waals surface area contributed by atoms with Crippen molar-refractivity contribution in [3.63, 3.8) is 0 Å². The lowest BCUT2D eigenvalue weighted by Crippen LogP contribution is -2.42. The molecule has 3 N–H and O–H groups in total. The van der Waals surface area contributed by atoms with Gasteiger partial charge in [0.2, 0.25) is 0 Å². The van der Waals surface area contributed by atoms with Crippen molar-refractivity contribution in [3.8, 4) is 0 Å². The van der Waals surface area contributed by atoms with Crippen molar-refractivity contribution in [2.24, 2.45) is 0 Å². The Hall–Kier alpha value is -0.750. The van der Waals surface area contributed by atoms with Crippen LogP contribution in [0.5, 0.6) is 0 Å². The minimum Gasteiger partial charge on any atom is -0.476 e. The van der Waals surface area contributed by atoms with Gasteiger partial charge in [0.25, 0.3) is 0 Å². The van der Waals surface area contributed by atoms with Crippen LogP contribution in [-0.4, -0.2) is 39.1 Å². The van der Waals surface area contributed by atoms with E-state index in [-0.39, 0.29) is 20.9 Å². The number of anilines is 1. The average Bonchev–Trinajstić information content (AvgIpc) is 2.39. The smallest absolute Gasteiger partial charge is 0.356 e. The molecule has 0 unspecified atom stereocenters. The molecular formula is C15H24Cl3N3O2. The van der Waals surface area contributed by atoms with Crippen LogP contribution < -0.4 is 5.73 Å². The van der Waals surface area contributed by atoms with Crippen LogP contribution in [0, 0.1) is 0 Å². The second kappa shape index (κ2) is 9.52. The number of nitrogens with two attached hydrogens (primary N) is 1. The molecular weight excluding hydrogens is 361 g/mol. The van der Waals surface area contributed by atoms with E-state index >= 15 is 0 Å². The monoisotopic (exact) mass is 383 g/mol. The molecule has 0 atom stereocenters. The summed E-state index contributed by atoms with van der Waals surface area (Å²) in [5, 5.41) is 8.17. The summed E-state index contributed by atoms with van der Waals surface area (Å²) >= 11 is 16.6. The van der Waals surface area contributed by atoms with E-state index < -0.39 is 11.7 Å². The molecule has 1 rings (SSSR count). The molecule has 0 amide bonds. The lowest BCUT2D eigenvalue weighted by molar-refractivity contribution is 0.0690. The number of aromatic nitrogens is 1. The van der Waals surface area contributed by atoms with Crippen molar-refractivity contribution in [3.05, 3.63) is 20.9 Å². The number of carbonyl (C=O) groups is 1. The summed E-state index contributed by atoms with van der Waals surface area (Å²) in [4.78, 5) is 16.5. The minimum atomic E-state index is -1.31. The number of nitrogen functional groups attached to an aromatic ring is 1. The highest BCUT2D eigenvalue weighted by Gasteiger charge is 2.18. The highest BCUT2D eigenvalue weighted by Crippen LogP contribution is 2.34. The predicted octanol–water partition coefficient (Wildman–Crippen LogP) is 4.84. The number of carboxylic acid groups (broad SMARTS) is 1. The Morgan fingerprint density at radius 3 is 1.65 bits per heavy atom. The van der Waals surface area contributed by atoms with Crippen LogP contribution in [0.1, 0.15) is 52.0 Å². The van der Waals surface area contributed by atoms with Crippen molar-refractivity contribution >= 4 is 46.5 Å². The first-order chi connectivity index (χ1) is 10.4. The second-order valence-corrected chi connectivity index (χ2v) is 6.94. The van der Waals surface area contributed by atoms with E-state index in [0.717, 1.165) is 0 Å². The molecule has 5 nitrogen and oxygen atoms in total. The van der Waals surface area contributed by atoms with Crippen LogP contribution in [0.3, 0.4) is 0 Å². The second-order valence-electron chi connectivity index (χ2n) is 5.83. The Morgan fingerprint density at radius 2 is 1.39 bits per heavy atom. The van der Waals surface area contributed by atoms with Gasteiger partial charge in [0.1, 0.15) is 5.02 Å². The highest BCUT2D eigenvalue weighted by molar-refractivity contribution is 6.46. The van der Waals surface area contributed by atoms with Crippen LogP contribution in [-0.2, 0) is 0 Å². The molecule has 1 aromatic heterocycles. The van der Waals surface area contributed by atoms with Gasteiger partial charge >= 0.3 is 5.97 Å². The molecule has 0 aliphatic carbocycles. The van der Waals surface area contributed by atoms with E-state index in [4.69, 9.17) is 45.6 Å². The van der Waals surface area contributed by atoms with E-state index in [2.05, 4.69) is 51.4 Å². The maximum absolute atomic E-state index is 10.5. The van der Waals surface area contributed by atoms with Gasteiger partial charge in [-0.05, 0) is 41.5 Å². The van der Waals surface area contributed by atoms with Crippen LogP contribution in [0.25, 0.3) is 0 Å². The first-order valence-corrected chi connectivity index (χ1v) is 8.35. The van der Waals surface area contributed by atoms with Crippen LogP contribution in [0.15, 0.2) is 0 Å². The Morgan fingerprint density at radius 1 is 1.00 bits per heavy atom. The molecule has 23 heavy (non-hydrogen) atoms. The highest BCUT2D eigenvalue weighted by atomic mass is 35.5. The Balaban J connectivity index is 0.000000438. The van der Waals surface area contributed by atoms with Crippen molar-refractivity contribution in [1.82, 2.24) is 9.88 Å². The summed E-state index contributed by atoms with van der Waals surface area (Å²) in [6.07, 6.45) is 0. The topological polar surface area (TPSA) is 79.5 Å². The molecule has 1 aromatic rings. The van der Waals surface area contributed by atoms with Crippen molar-refractivity contribution in [2.75, 3.05) is 5.73 Å². The fourth-order valence-electron chi connectivity index (χ4n) is 2.46. The van der Waals surface area contributed by atoms with E-state index in [1.807, 2.05) is 0 Å². The lowest BCUT2D eigenvalue weighted by atomic mass is 10.2. The largest absolute Gasteiger partial charge is 0.476 e. The maximum atomic E-state index is 10.5. The van der Waals surface area contributed by atoms with Gasteiger partial charge < -0.3 is 10.8 Å². The van der Waals surface area contributed by atoms with Gasteiger partial charge in [-0.15, -0.1) is 0 Å². The van der Waals surface area contributed by atoms with Gasteiger partial charge in [-0.25, -0.2) is 9.78 Å². The number of rotatable bonds is 4. The molecule has 1 heterocycles. The number of hydrogen-bond acceptors (Lipinski definition) is 4. The number of carboxylic acids is 1. The molecule has 0 saturated heterocycles. The molecule has 0 aromatic carbocycles. The summed E-state index contributed by atoms with van der Waals surface area (Å²) in [7, 11) is 0. The maximum Gasteiger partial charge on any atom is 0.356 e. The van der Waals surface area contributed by atoms with Gasteiger partial charge in [-0.1, -0.05) is 34.8 Å². The fourth-order valence-corrected chi connectivity index (χ4v) is 3.05. The Kier molecular flexibility index (Phi) is 9.21. The van der Waals surface area contributed by atoms with Crippen molar-refractivity contribution < 1.29 is 9.90 Å². The molecule has 0 saturated carbocycles. The zero-order valence-electron chi connectivity index (χ0n) is 14.2. The van der Waals surface area contributed by atoms with E-state index in [1.165, 1.54) is 0 Å². The summed E-state index contributed by atoms with van der Waals surface area (Å²) in [6.45, 7) is 13.5. The number of nitrogens with zero attached hydrogens (tertiary/aromatic N) is 2. The quantitative estimate of drug-likeness (QED) is 0.726. The lowest BCUT2D eigenvalue weighted by Gasteiger charge is -2.34. The fraction of sp³-hybridized carbons (Fsp3) is 0.600. The zero-order chi connectivity index (χ0) is 18.5. The molecule has 0 fully saturated rings. The van der Waals surface area contributed by atoms with Gasteiger partial charge in [-0.2, -0.15) is 0 Å². The third-order valence-electron chi connectivity index (χ3n) is 3.06. The summed E-state index contributed by atoms with van der Waals surface area (Å²) in [5.74, 6) is -1.31. The number of halogens is 3. The predicted molar refractivity (Wildman–Crippen MR) is 97.9 cm³/mol. The molecule has 0 spiro atoms. The van der Waals surface area contributed by atoms with Crippen LogP contribution in [0.4, 0.5) is 5.69 Å². The summed E-state index contributed by atoms with van der Waals surface area (Å²) < 4.78 is 0.